The molecule has 1 unspecified atom stereocenters. The molecule has 0 heterocycles. The molecule has 25 heavy (non-hydrogen) atoms. The molecule has 0 radical (unpaired) electrons. The molecule has 3 aromatic rings. The van der Waals surface area contributed by atoms with Gasteiger partial charge < -0.3 is 4.74 Å². The molecule has 0 amide bonds. The fourth-order valence-corrected chi connectivity index (χ4v) is 3.72. The van der Waals surface area contributed by atoms with Crippen LogP contribution in [0.5, 0.6) is 0 Å². The molecule has 4 heteroatoms. The van der Waals surface area contributed by atoms with Crippen LogP contribution in [-0.2, 0) is 27.9 Å². The van der Waals surface area contributed by atoms with Gasteiger partial charge in [0.1, 0.15) is 6.61 Å². The number of rotatable bonds is 6. The average Bonchev–Trinajstić information content (AvgIpc) is 2.67. The summed E-state index contributed by atoms with van der Waals surface area (Å²) in [6.45, 7) is 0.194. The molecule has 0 N–H and O–H groups in total. The molecule has 0 aliphatic carbocycles. The summed E-state index contributed by atoms with van der Waals surface area (Å²) in [5, 5.41) is 0. The first-order chi connectivity index (χ1) is 12.2. The second-order valence-electron chi connectivity index (χ2n) is 5.53. The molecule has 1 atom stereocenters. The fraction of sp³-hybridized carbons (Fsp3) is 0.0952. The van der Waals surface area contributed by atoms with Gasteiger partial charge in [-0.25, -0.2) is 4.79 Å². The van der Waals surface area contributed by atoms with Crippen LogP contribution >= 0.6 is 0 Å². The smallest absolute Gasteiger partial charge is 0.339 e. The molecule has 3 aromatic carbocycles. The van der Waals surface area contributed by atoms with Crippen LogP contribution in [0.1, 0.15) is 21.5 Å². The molecule has 0 aromatic heterocycles. The molecule has 3 rings (SSSR count). The van der Waals surface area contributed by atoms with E-state index in [0.29, 0.717) is 16.2 Å². The van der Waals surface area contributed by atoms with Gasteiger partial charge >= 0.3 is 5.97 Å². The quantitative estimate of drug-likeness (QED) is 0.621. The standard InChI is InChI=1S/C21H18O3S/c22-21(24-15-17-9-3-1-4-10-17)19-13-7-8-14-20(19)25(23)16-18-11-5-2-6-12-18/h1-14H,15-16H2. The molecule has 0 saturated heterocycles. The van der Waals surface area contributed by atoms with E-state index in [1.54, 1.807) is 24.3 Å². The lowest BCUT2D eigenvalue weighted by atomic mass is 10.2. The van der Waals surface area contributed by atoms with E-state index in [2.05, 4.69) is 0 Å². The van der Waals surface area contributed by atoms with Crippen LogP contribution < -0.4 is 0 Å². The van der Waals surface area contributed by atoms with Gasteiger partial charge in [-0.05, 0) is 23.3 Å². The summed E-state index contributed by atoms with van der Waals surface area (Å²) < 4.78 is 18.1. The summed E-state index contributed by atoms with van der Waals surface area (Å²) in [5.41, 5.74) is 2.24. The van der Waals surface area contributed by atoms with Crippen LogP contribution in [-0.4, -0.2) is 10.2 Å². The van der Waals surface area contributed by atoms with E-state index < -0.39 is 16.8 Å². The summed E-state index contributed by atoms with van der Waals surface area (Å²) in [7, 11) is -1.32. The van der Waals surface area contributed by atoms with E-state index in [4.69, 9.17) is 4.74 Å². The number of carbonyl (C=O) groups is 1. The molecule has 0 saturated carbocycles. The highest BCUT2D eigenvalue weighted by Crippen LogP contribution is 2.19. The van der Waals surface area contributed by atoms with Crippen molar-refractivity contribution in [3.05, 3.63) is 102 Å². The third kappa shape index (κ3) is 4.64. The molecule has 0 aliphatic heterocycles. The number of benzene rings is 3. The number of esters is 1. The summed E-state index contributed by atoms with van der Waals surface area (Å²) in [4.78, 5) is 12.9. The largest absolute Gasteiger partial charge is 0.457 e. The normalized spacial score (nSPS) is 11.7. The first-order valence-electron chi connectivity index (χ1n) is 7.96. The van der Waals surface area contributed by atoms with Gasteiger partial charge in [0.25, 0.3) is 0 Å². The summed E-state index contributed by atoms with van der Waals surface area (Å²) in [6.07, 6.45) is 0. The highest BCUT2D eigenvalue weighted by molar-refractivity contribution is 7.84. The van der Waals surface area contributed by atoms with Crippen molar-refractivity contribution in [3.63, 3.8) is 0 Å². The van der Waals surface area contributed by atoms with Crippen LogP contribution in [0.15, 0.2) is 89.8 Å². The lowest BCUT2D eigenvalue weighted by Gasteiger charge is -2.10. The summed E-state index contributed by atoms with van der Waals surface area (Å²) in [6, 6.07) is 26.0. The van der Waals surface area contributed by atoms with Crippen LogP contribution in [0.3, 0.4) is 0 Å². The van der Waals surface area contributed by atoms with Crippen molar-refractivity contribution in [1.82, 2.24) is 0 Å². The van der Waals surface area contributed by atoms with E-state index in [1.807, 2.05) is 60.7 Å². The van der Waals surface area contributed by atoms with Crippen LogP contribution in [0.4, 0.5) is 0 Å². The summed E-state index contributed by atoms with van der Waals surface area (Å²) >= 11 is 0. The Kier molecular flexibility index (Phi) is 5.75. The van der Waals surface area contributed by atoms with Gasteiger partial charge in [0, 0.05) is 0 Å². The van der Waals surface area contributed by atoms with Gasteiger partial charge in [-0.15, -0.1) is 0 Å². The average molecular weight is 350 g/mol. The van der Waals surface area contributed by atoms with E-state index in [1.165, 1.54) is 0 Å². The molecule has 0 spiro atoms. The Labute approximate surface area is 149 Å². The maximum atomic E-state index is 12.7. The molecule has 126 valence electrons. The van der Waals surface area contributed by atoms with Crippen molar-refractivity contribution in [1.29, 1.82) is 0 Å². The van der Waals surface area contributed by atoms with Crippen molar-refractivity contribution in [2.75, 3.05) is 0 Å². The highest BCUT2D eigenvalue weighted by Gasteiger charge is 2.17. The Bertz CT molecular complexity index is 861. The van der Waals surface area contributed by atoms with E-state index in [0.717, 1.165) is 11.1 Å². The number of ether oxygens (including phenoxy) is 1. The molecular weight excluding hydrogens is 332 g/mol. The van der Waals surface area contributed by atoms with Crippen LogP contribution in [0.2, 0.25) is 0 Å². The van der Waals surface area contributed by atoms with Gasteiger partial charge in [0.2, 0.25) is 0 Å². The zero-order chi connectivity index (χ0) is 17.5. The van der Waals surface area contributed by atoms with Crippen LogP contribution in [0, 0.1) is 0 Å². The number of hydrogen-bond donors (Lipinski definition) is 0. The lowest BCUT2D eigenvalue weighted by Crippen LogP contribution is -2.10. The Morgan fingerprint density at radius 3 is 2.00 bits per heavy atom. The first kappa shape index (κ1) is 17.1. The van der Waals surface area contributed by atoms with E-state index in [-0.39, 0.29) is 6.61 Å². The van der Waals surface area contributed by atoms with Crippen molar-refractivity contribution >= 4 is 16.8 Å². The van der Waals surface area contributed by atoms with Gasteiger partial charge in [0.15, 0.2) is 0 Å². The van der Waals surface area contributed by atoms with Gasteiger partial charge in [-0.2, -0.15) is 0 Å². The molecule has 3 nitrogen and oxygen atoms in total. The fourth-order valence-electron chi connectivity index (χ4n) is 2.44. The van der Waals surface area contributed by atoms with Crippen molar-refractivity contribution in [3.8, 4) is 0 Å². The van der Waals surface area contributed by atoms with Crippen LogP contribution in [0.25, 0.3) is 0 Å². The monoisotopic (exact) mass is 350 g/mol. The zero-order valence-corrected chi connectivity index (χ0v) is 14.4. The summed E-state index contributed by atoms with van der Waals surface area (Å²) in [5.74, 6) is -0.0926. The number of hydrogen-bond acceptors (Lipinski definition) is 3. The third-order valence-electron chi connectivity index (χ3n) is 3.71. The predicted octanol–water partition coefficient (Wildman–Crippen LogP) is 4.35. The minimum atomic E-state index is -1.32. The molecule has 0 aliphatic rings. The van der Waals surface area contributed by atoms with E-state index in [9.17, 15) is 9.00 Å². The van der Waals surface area contributed by atoms with Crippen molar-refractivity contribution in [2.45, 2.75) is 17.3 Å². The highest BCUT2D eigenvalue weighted by atomic mass is 32.2. The maximum absolute atomic E-state index is 12.7. The first-order valence-corrected chi connectivity index (χ1v) is 9.28. The minimum Gasteiger partial charge on any atom is -0.457 e. The van der Waals surface area contributed by atoms with E-state index >= 15 is 0 Å². The Morgan fingerprint density at radius 2 is 1.32 bits per heavy atom. The SMILES string of the molecule is O=C(OCc1ccccc1)c1ccccc1S(=O)Cc1ccccc1. The van der Waals surface area contributed by atoms with Gasteiger partial charge in [-0.3, -0.25) is 4.21 Å². The van der Waals surface area contributed by atoms with Gasteiger partial charge in [-0.1, -0.05) is 72.8 Å². The molecule has 0 bridgehead atoms. The molecular formula is C21H18O3S. The van der Waals surface area contributed by atoms with Crippen molar-refractivity contribution < 1.29 is 13.7 Å². The topological polar surface area (TPSA) is 43.4 Å². The second-order valence-corrected chi connectivity index (χ2v) is 6.95. The second kappa shape index (κ2) is 8.40. The number of carbonyl (C=O) groups excluding carboxylic acids is 1. The Hall–Kier alpha value is -2.72. The Morgan fingerprint density at radius 1 is 0.760 bits per heavy atom. The predicted molar refractivity (Wildman–Crippen MR) is 98.6 cm³/mol. The van der Waals surface area contributed by atoms with Crippen molar-refractivity contribution in [2.24, 2.45) is 0 Å². The lowest BCUT2D eigenvalue weighted by molar-refractivity contribution is 0.0468. The minimum absolute atomic E-state index is 0.194. The molecule has 0 fully saturated rings. The maximum Gasteiger partial charge on any atom is 0.339 e. The Balaban J connectivity index is 1.73. The third-order valence-corrected chi connectivity index (χ3v) is 5.15. The zero-order valence-electron chi connectivity index (χ0n) is 13.6. The van der Waals surface area contributed by atoms with Gasteiger partial charge in [0.05, 0.1) is 27.0 Å².